The standard InChI is InChI=1S/C32H40N3O15P3S/c1-2-19-33-26-18-20-35(32(38)34-26)29-28(48-31(37)23-14-8-4-9-15-23)27(47-30(36)22-12-6-3-7-13-22)25(46-29)21-45-51(39,40)49-52(41,42)50-53(43,44)54-24-16-10-5-11-17-24/h3-4,6-9,12-15,18,20,24-25,27-29H,2,5,10-11,16-17,19,21H2,1H3,(H,39,40)(H,41,42)(H,43,44)(H,33,34,38)/t25-,27+,28?,29-/m1/s1. The average molecular weight is 832 g/mol. The highest BCUT2D eigenvalue weighted by Gasteiger charge is 2.52. The molecule has 3 aromatic rings. The fraction of sp³-hybridized carbons (Fsp3) is 0.438. The zero-order valence-corrected chi connectivity index (χ0v) is 32.4. The van der Waals surface area contributed by atoms with Crippen LogP contribution in [0, 0.1) is 0 Å². The Labute approximate surface area is 314 Å². The first kappa shape index (κ1) is 42.0. The number of benzene rings is 2. The molecule has 0 spiro atoms. The third kappa shape index (κ3) is 11.9. The maximum atomic E-state index is 13.4. The zero-order valence-electron chi connectivity index (χ0n) is 28.9. The molecule has 5 rings (SSSR count). The van der Waals surface area contributed by atoms with Gasteiger partial charge in [0.1, 0.15) is 11.9 Å². The van der Waals surface area contributed by atoms with Gasteiger partial charge in [-0.05, 0) is 61.0 Å². The van der Waals surface area contributed by atoms with Crippen LogP contribution in [0.15, 0.2) is 77.7 Å². The maximum Gasteiger partial charge on any atom is 0.488 e. The molecular formula is C32H40N3O15P3S. The molecule has 2 heterocycles. The van der Waals surface area contributed by atoms with Gasteiger partial charge in [-0.1, -0.05) is 62.6 Å². The molecule has 1 aromatic heterocycles. The van der Waals surface area contributed by atoms with E-state index in [2.05, 4.69) is 18.9 Å². The van der Waals surface area contributed by atoms with Gasteiger partial charge in [0, 0.05) is 18.0 Å². The molecule has 4 N–H and O–H groups in total. The first-order valence-electron chi connectivity index (χ1n) is 16.9. The Morgan fingerprint density at radius 3 is 2.04 bits per heavy atom. The summed E-state index contributed by atoms with van der Waals surface area (Å²) < 4.78 is 70.6. The molecule has 2 aliphatic rings. The van der Waals surface area contributed by atoms with Crippen molar-refractivity contribution < 1.29 is 65.3 Å². The van der Waals surface area contributed by atoms with Gasteiger partial charge in [0.2, 0.25) is 0 Å². The predicted octanol–water partition coefficient (Wildman–Crippen LogP) is 5.83. The van der Waals surface area contributed by atoms with Crippen LogP contribution in [0.3, 0.4) is 0 Å². The van der Waals surface area contributed by atoms with E-state index in [0.717, 1.165) is 30.3 Å². The summed E-state index contributed by atoms with van der Waals surface area (Å²) in [5.74, 6) is -1.61. The quantitative estimate of drug-likeness (QED) is 0.0922. The Kier molecular flexibility index (Phi) is 14.5. The number of anilines is 1. The third-order valence-corrected chi connectivity index (χ3v) is 15.2. The molecular weight excluding hydrogens is 791 g/mol. The van der Waals surface area contributed by atoms with Crippen LogP contribution in [0.25, 0.3) is 0 Å². The van der Waals surface area contributed by atoms with Crippen molar-refractivity contribution in [2.45, 2.75) is 75.2 Å². The van der Waals surface area contributed by atoms with Crippen LogP contribution >= 0.6 is 33.8 Å². The van der Waals surface area contributed by atoms with Crippen LogP contribution in [0.5, 0.6) is 0 Å². The number of carbonyl (C=O) groups is 2. The van der Waals surface area contributed by atoms with E-state index in [9.17, 15) is 42.8 Å². The van der Waals surface area contributed by atoms with Gasteiger partial charge in [-0.2, -0.15) is 13.6 Å². The highest BCUT2D eigenvalue weighted by Crippen LogP contribution is 2.72. The summed E-state index contributed by atoms with van der Waals surface area (Å²) >= 11 is 0.438. The Bertz CT molecular complexity index is 1950. The molecule has 1 saturated heterocycles. The Morgan fingerprint density at radius 1 is 0.870 bits per heavy atom. The number of aromatic nitrogens is 2. The number of rotatable bonds is 17. The summed E-state index contributed by atoms with van der Waals surface area (Å²) in [6, 6.07) is 16.8. The van der Waals surface area contributed by atoms with Crippen molar-refractivity contribution in [1.82, 2.24) is 9.55 Å². The molecule has 2 fully saturated rings. The van der Waals surface area contributed by atoms with E-state index in [1.165, 1.54) is 36.5 Å². The van der Waals surface area contributed by atoms with E-state index in [0.29, 0.717) is 30.8 Å². The highest BCUT2D eigenvalue weighted by atomic mass is 32.7. The van der Waals surface area contributed by atoms with Gasteiger partial charge in [-0.25, -0.2) is 28.1 Å². The average Bonchev–Trinajstić information content (AvgIpc) is 3.45. The second-order valence-electron chi connectivity index (χ2n) is 12.2. The van der Waals surface area contributed by atoms with Crippen LogP contribution in [0.2, 0.25) is 0 Å². The van der Waals surface area contributed by atoms with Crippen molar-refractivity contribution in [3.63, 3.8) is 0 Å². The largest absolute Gasteiger partial charge is 0.488 e. The molecule has 1 saturated carbocycles. The highest BCUT2D eigenvalue weighted by molar-refractivity contribution is 8.55. The van der Waals surface area contributed by atoms with Gasteiger partial charge in [-0.15, -0.1) is 0 Å². The first-order valence-corrected chi connectivity index (χ1v) is 23.0. The van der Waals surface area contributed by atoms with Crippen molar-refractivity contribution in [1.29, 1.82) is 0 Å². The smallest absolute Gasteiger partial charge is 0.452 e. The number of ether oxygens (including phenoxy) is 3. The molecule has 294 valence electrons. The number of hydrogen-bond acceptors (Lipinski definition) is 15. The summed E-state index contributed by atoms with van der Waals surface area (Å²) in [6.45, 7) is -3.47. The number of nitrogens with one attached hydrogen (secondary N) is 1. The molecule has 18 nitrogen and oxygen atoms in total. The molecule has 7 atom stereocenters. The van der Waals surface area contributed by atoms with Crippen molar-refractivity contribution in [2.24, 2.45) is 0 Å². The first-order chi connectivity index (χ1) is 25.7. The van der Waals surface area contributed by atoms with Crippen LogP contribution < -0.4 is 11.0 Å². The summed E-state index contributed by atoms with van der Waals surface area (Å²) in [6.07, 6.45) is -0.776. The van der Waals surface area contributed by atoms with Gasteiger partial charge < -0.3 is 34.2 Å². The second-order valence-corrected chi connectivity index (χ2v) is 19.5. The molecule has 54 heavy (non-hydrogen) atoms. The normalized spacial score (nSPS) is 23.7. The number of hydrogen-bond donors (Lipinski definition) is 4. The van der Waals surface area contributed by atoms with E-state index in [1.807, 2.05) is 6.92 Å². The number of phosphoric ester groups is 1. The van der Waals surface area contributed by atoms with Gasteiger partial charge in [0.05, 0.1) is 17.7 Å². The minimum atomic E-state index is -5.71. The van der Waals surface area contributed by atoms with Crippen LogP contribution in [-0.4, -0.2) is 72.9 Å². The molecule has 22 heteroatoms. The summed E-state index contributed by atoms with van der Waals surface area (Å²) in [4.78, 5) is 74.9. The molecule has 1 aliphatic carbocycles. The van der Waals surface area contributed by atoms with E-state index in [1.54, 1.807) is 36.4 Å². The lowest BCUT2D eigenvalue weighted by molar-refractivity contribution is -0.0596. The number of phosphoric acid groups is 2. The SMILES string of the molecule is CCCNc1ccn([C@@H]2O[C@H](COP(=O)(O)OP(=O)(O)OP(=O)(O)SC3CCCCC3)[C@H](OC(=O)c3ccccc3)C2OC(=O)c2ccccc2)c(=O)n1. The zero-order chi connectivity index (χ0) is 38.9. The summed E-state index contributed by atoms with van der Waals surface area (Å²) in [5, 5.41) is 2.63. The molecule has 2 aromatic carbocycles. The topological polar surface area (TPSA) is 248 Å². The van der Waals surface area contributed by atoms with Gasteiger partial charge in [-0.3, -0.25) is 9.09 Å². The molecule has 0 bridgehead atoms. The van der Waals surface area contributed by atoms with Gasteiger partial charge in [0.25, 0.3) is 0 Å². The third-order valence-electron chi connectivity index (χ3n) is 8.10. The molecule has 0 radical (unpaired) electrons. The Balaban J connectivity index is 1.41. The fourth-order valence-electron chi connectivity index (χ4n) is 5.67. The van der Waals surface area contributed by atoms with Gasteiger partial charge >= 0.3 is 40.1 Å². The Morgan fingerprint density at radius 2 is 1.46 bits per heavy atom. The van der Waals surface area contributed by atoms with E-state index < -0.39 is 71.2 Å². The molecule has 0 amide bonds. The monoisotopic (exact) mass is 831 g/mol. The van der Waals surface area contributed by atoms with Crippen LogP contribution in [0.1, 0.15) is 72.4 Å². The van der Waals surface area contributed by atoms with Crippen molar-refractivity contribution in [3.05, 3.63) is 94.5 Å². The minimum absolute atomic E-state index is 0.0630. The van der Waals surface area contributed by atoms with Gasteiger partial charge in [0.15, 0.2) is 18.4 Å². The predicted molar refractivity (Wildman–Crippen MR) is 195 cm³/mol. The van der Waals surface area contributed by atoms with Crippen molar-refractivity contribution in [2.75, 3.05) is 18.5 Å². The number of carbonyl (C=O) groups excluding carboxylic acids is 2. The number of nitrogens with zero attached hydrogens (tertiary/aromatic N) is 2. The Hall–Kier alpha value is -3.18. The lowest BCUT2D eigenvalue weighted by Crippen LogP contribution is -2.42. The van der Waals surface area contributed by atoms with Crippen LogP contribution in [0.4, 0.5) is 5.82 Å². The molecule has 1 aliphatic heterocycles. The summed E-state index contributed by atoms with van der Waals surface area (Å²) in [5.41, 5.74) is -0.720. The van der Waals surface area contributed by atoms with Crippen LogP contribution in [-0.2, 0) is 41.1 Å². The summed E-state index contributed by atoms with van der Waals surface area (Å²) in [7, 11) is -11.3. The lowest BCUT2D eigenvalue weighted by atomic mass is 10.0. The van der Waals surface area contributed by atoms with E-state index in [-0.39, 0.29) is 22.2 Å². The maximum absolute atomic E-state index is 13.4. The van der Waals surface area contributed by atoms with E-state index in [4.69, 9.17) is 18.7 Å². The lowest BCUT2D eigenvalue weighted by Gasteiger charge is -2.25. The van der Waals surface area contributed by atoms with E-state index >= 15 is 0 Å². The number of esters is 2. The van der Waals surface area contributed by atoms with Crippen molar-refractivity contribution >= 4 is 51.6 Å². The second kappa shape index (κ2) is 18.6. The fourth-order valence-corrected chi connectivity index (χ4v) is 12.6. The minimum Gasteiger partial charge on any atom is -0.452 e. The van der Waals surface area contributed by atoms with Crippen molar-refractivity contribution in [3.8, 4) is 0 Å². The molecule has 4 unspecified atom stereocenters.